The zero-order valence-electron chi connectivity index (χ0n) is 20.2. The number of nitrogens with one attached hydrogen (secondary N) is 1. The molecular weight excluding hydrogens is 468 g/mol. The number of ether oxygens (including phenoxy) is 3. The standard InChI is InChI=1S/C26H30N2O6S/c1-19(21-10-15-24(32-2)25(16-21)33-3)27-26(29)17-28(35(4,30)31)22-11-13-23(14-12-22)34-18-20-8-6-5-7-9-20/h5-16,19H,17-18H2,1-4H3,(H,27,29)/t19-/m0/s1. The quantitative estimate of drug-likeness (QED) is 0.431. The Morgan fingerprint density at radius 3 is 2.20 bits per heavy atom. The molecule has 9 heteroatoms. The molecule has 0 radical (unpaired) electrons. The lowest BCUT2D eigenvalue weighted by Gasteiger charge is -2.23. The second kappa shape index (κ2) is 11.6. The molecule has 0 heterocycles. The smallest absolute Gasteiger partial charge is 0.241 e. The summed E-state index contributed by atoms with van der Waals surface area (Å²) in [5.74, 6) is 1.27. The third-order valence-corrected chi connectivity index (χ3v) is 6.49. The second-order valence-corrected chi connectivity index (χ2v) is 9.85. The van der Waals surface area contributed by atoms with Crippen LogP contribution in [0.1, 0.15) is 24.1 Å². The van der Waals surface area contributed by atoms with E-state index in [4.69, 9.17) is 14.2 Å². The highest BCUT2D eigenvalue weighted by atomic mass is 32.2. The number of carbonyl (C=O) groups is 1. The summed E-state index contributed by atoms with van der Waals surface area (Å²) in [6.45, 7) is 1.84. The number of rotatable bonds is 11. The molecule has 0 saturated heterocycles. The molecule has 35 heavy (non-hydrogen) atoms. The molecule has 3 aromatic rings. The van der Waals surface area contributed by atoms with Crippen LogP contribution in [0.25, 0.3) is 0 Å². The van der Waals surface area contributed by atoms with Crippen molar-refractivity contribution >= 4 is 21.6 Å². The summed E-state index contributed by atoms with van der Waals surface area (Å²) in [7, 11) is -0.625. The molecule has 0 saturated carbocycles. The highest BCUT2D eigenvalue weighted by Crippen LogP contribution is 2.30. The second-order valence-electron chi connectivity index (χ2n) is 7.94. The minimum atomic E-state index is -3.71. The predicted octanol–water partition coefficient (Wildman–Crippen LogP) is 3.93. The Balaban J connectivity index is 1.67. The largest absolute Gasteiger partial charge is 0.493 e. The normalized spacial score (nSPS) is 11.9. The van der Waals surface area contributed by atoms with Crippen molar-refractivity contribution in [2.24, 2.45) is 0 Å². The van der Waals surface area contributed by atoms with Crippen LogP contribution in [-0.4, -0.2) is 41.3 Å². The van der Waals surface area contributed by atoms with E-state index in [9.17, 15) is 13.2 Å². The topological polar surface area (TPSA) is 94.2 Å². The predicted molar refractivity (Wildman–Crippen MR) is 136 cm³/mol. The van der Waals surface area contributed by atoms with Gasteiger partial charge < -0.3 is 19.5 Å². The van der Waals surface area contributed by atoms with Crippen molar-refractivity contribution in [2.45, 2.75) is 19.6 Å². The number of sulfonamides is 1. The molecule has 0 unspecified atom stereocenters. The first-order valence-corrected chi connectivity index (χ1v) is 12.8. The van der Waals surface area contributed by atoms with E-state index < -0.39 is 15.9 Å². The maximum Gasteiger partial charge on any atom is 0.241 e. The van der Waals surface area contributed by atoms with Crippen LogP contribution in [0.3, 0.4) is 0 Å². The Bertz CT molecular complexity index is 1230. The summed E-state index contributed by atoms with van der Waals surface area (Å²) in [6, 6.07) is 21.3. The van der Waals surface area contributed by atoms with Crippen LogP contribution >= 0.6 is 0 Å². The first-order chi connectivity index (χ1) is 16.7. The van der Waals surface area contributed by atoms with E-state index in [0.717, 1.165) is 21.7 Å². The first-order valence-electron chi connectivity index (χ1n) is 11.0. The van der Waals surface area contributed by atoms with Gasteiger partial charge in [0.2, 0.25) is 15.9 Å². The van der Waals surface area contributed by atoms with Gasteiger partial charge in [-0.15, -0.1) is 0 Å². The lowest BCUT2D eigenvalue weighted by Crippen LogP contribution is -2.41. The molecule has 1 atom stereocenters. The molecule has 0 aliphatic rings. The SMILES string of the molecule is COc1ccc([C@H](C)NC(=O)CN(c2ccc(OCc3ccccc3)cc2)S(C)(=O)=O)cc1OC. The zero-order valence-corrected chi connectivity index (χ0v) is 21.0. The Morgan fingerprint density at radius 1 is 0.943 bits per heavy atom. The van der Waals surface area contributed by atoms with Crippen LogP contribution in [0.15, 0.2) is 72.8 Å². The molecule has 1 amide bonds. The Hall–Kier alpha value is -3.72. The summed E-state index contributed by atoms with van der Waals surface area (Å²) in [5, 5.41) is 2.84. The number of carbonyl (C=O) groups excluding carboxylic acids is 1. The van der Waals surface area contributed by atoms with E-state index in [1.807, 2.05) is 43.3 Å². The maximum atomic E-state index is 12.8. The van der Waals surface area contributed by atoms with Gasteiger partial charge in [-0.05, 0) is 54.4 Å². The van der Waals surface area contributed by atoms with Gasteiger partial charge in [-0.2, -0.15) is 0 Å². The van der Waals surface area contributed by atoms with E-state index >= 15 is 0 Å². The van der Waals surface area contributed by atoms with E-state index in [1.54, 1.807) is 43.5 Å². The molecule has 186 valence electrons. The van der Waals surface area contributed by atoms with Gasteiger partial charge in [0, 0.05) is 0 Å². The summed E-state index contributed by atoms with van der Waals surface area (Å²) in [4.78, 5) is 12.8. The fraction of sp³-hybridized carbons (Fsp3) is 0.269. The Labute approximate surface area is 206 Å². The van der Waals surface area contributed by atoms with Gasteiger partial charge in [0.15, 0.2) is 11.5 Å². The summed E-state index contributed by atoms with van der Waals surface area (Å²) < 4.78 is 42.3. The highest BCUT2D eigenvalue weighted by Gasteiger charge is 2.22. The number of amides is 1. The van der Waals surface area contributed by atoms with Crippen molar-refractivity contribution in [1.82, 2.24) is 5.32 Å². The minimum Gasteiger partial charge on any atom is -0.493 e. The van der Waals surface area contributed by atoms with Crippen LogP contribution in [0.2, 0.25) is 0 Å². The third kappa shape index (κ3) is 7.13. The molecule has 8 nitrogen and oxygen atoms in total. The summed E-state index contributed by atoms with van der Waals surface area (Å²) >= 11 is 0. The average molecular weight is 499 g/mol. The van der Waals surface area contributed by atoms with Crippen molar-refractivity contribution in [3.8, 4) is 17.2 Å². The third-order valence-electron chi connectivity index (χ3n) is 5.35. The van der Waals surface area contributed by atoms with Crippen molar-refractivity contribution in [2.75, 3.05) is 31.3 Å². The van der Waals surface area contributed by atoms with Gasteiger partial charge in [-0.3, -0.25) is 9.10 Å². The molecule has 0 fully saturated rings. The van der Waals surface area contributed by atoms with Gasteiger partial charge in [0.25, 0.3) is 0 Å². The van der Waals surface area contributed by atoms with Crippen LogP contribution in [0, 0.1) is 0 Å². The molecule has 3 aromatic carbocycles. The molecular formula is C26H30N2O6S. The van der Waals surface area contributed by atoms with E-state index in [0.29, 0.717) is 29.5 Å². The van der Waals surface area contributed by atoms with Gasteiger partial charge >= 0.3 is 0 Å². The van der Waals surface area contributed by atoms with Gasteiger partial charge in [0.1, 0.15) is 18.9 Å². The number of hydrogen-bond acceptors (Lipinski definition) is 6. The lowest BCUT2D eigenvalue weighted by molar-refractivity contribution is -0.120. The van der Waals surface area contributed by atoms with Crippen LogP contribution in [0.4, 0.5) is 5.69 Å². The number of anilines is 1. The molecule has 1 N–H and O–H groups in total. The van der Waals surface area contributed by atoms with Crippen molar-refractivity contribution in [3.05, 3.63) is 83.9 Å². The molecule has 0 bridgehead atoms. The van der Waals surface area contributed by atoms with Crippen molar-refractivity contribution < 1.29 is 27.4 Å². The van der Waals surface area contributed by atoms with E-state index in [2.05, 4.69) is 5.32 Å². The maximum absolute atomic E-state index is 12.8. The summed E-state index contributed by atoms with van der Waals surface area (Å²) in [6.07, 6.45) is 1.07. The van der Waals surface area contributed by atoms with Crippen molar-refractivity contribution in [3.63, 3.8) is 0 Å². The molecule has 3 rings (SSSR count). The first kappa shape index (κ1) is 25.9. The van der Waals surface area contributed by atoms with E-state index in [-0.39, 0.29) is 12.6 Å². The van der Waals surface area contributed by atoms with Gasteiger partial charge in [-0.1, -0.05) is 36.4 Å². The van der Waals surface area contributed by atoms with Gasteiger partial charge in [-0.25, -0.2) is 8.42 Å². The minimum absolute atomic E-state index is 0.360. The van der Waals surface area contributed by atoms with Crippen LogP contribution in [-0.2, 0) is 21.4 Å². The molecule has 0 aliphatic carbocycles. The highest BCUT2D eigenvalue weighted by molar-refractivity contribution is 7.92. The fourth-order valence-corrected chi connectivity index (χ4v) is 4.33. The van der Waals surface area contributed by atoms with Crippen LogP contribution in [0.5, 0.6) is 17.2 Å². The lowest BCUT2D eigenvalue weighted by atomic mass is 10.1. The monoisotopic (exact) mass is 498 g/mol. The molecule has 0 aromatic heterocycles. The summed E-state index contributed by atoms with van der Waals surface area (Å²) in [5.41, 5.74) is 2.19. The fourth-order valence-electron chi connectivity index (χ4n) is 3.47. The average Bonchev–Trinajstić information content (AvgIpc) is 2.86. The Kier molecular flexibility index (Phi) is 8.59. The zero-order chi connectivity index (χ0) is 25.4. The van der Waals surface area contributed by atoms with Gasteiger partial charge in [0.05, 0.1) is 32.2 Å². The number of benzene rings is 3. The van der Waals surface area contributed by atoms with Crippen molar-refractivity contribution in [1.29, 1.82) is 0 Å². The Morgan fingerprint density at radius 2 is 1.60 bits per heavy atom. The van der Waals surface area contributed by atoms with E-state index in [1.165, 1.54) is 7.11 Å². The van der Waals surface area contributed by atoms with Crippen LogP contribution < -0.4 is 23.8 Å². The number of nitrogens with zero attached hydrogens (tertiary/aromatic N) is 1. The molecule has 0 aliphatic heterocycles. The molecule has 0 spiro atoms. The number of hydrogen-bond donors (Lipinski definition) is 1. The number of methoxy groups -OCH3 is 2.